The first-order valence-electron chi connectivity index (χ1n) is 12.5. The molecule has 1 aliphatic rings. The molecule has 2 aromatic heterocycles. The fourth-order valence-corrected chi connectivity index (χ4v) is 4.16. The molecular formula is C26H32N6O5. The monoisotopic (exact) mass is 508 g/mol. The van der Waals surface area contributed by atoms with Crippen LogP contribution in [0.15, 0.2) is 40.8 Å². The molecule has 0 bridgehead atoms. The van der Waals surface area contributed by atoms with Gasteiger partial charge in [-0.2, -0.15) is 4.98 Å². The third kappa shape index (κ3) is 7.12. The fourth-order valence-electron chi connectivity index (χ4n) is 4.16. The van der Waals surface area contributed by atoms with Crippen molar-refractivity contribution in [1.82, 2.24) is 14.9 Å². The van der Waals surface area contributed by atoms with E-state index in [1.54, 1.807) is 17.0 Å². The van der Waals surface area contributed by atoms with Gasteiger partial charge >= 0.3 is 12.1 Å². The third-order valence-electron chi connectivity index (χ3n) is 6.04. The highest BCUT2D eigenvalue weighted by Crippen LogP contribution is 2.24. The molecule has 0 aliphatic carbocycles. The van der Waals surface area contributed by atoms with Crippen molar-refractivity contribution in [1.29, 1.82) is 0 Å². The van der Waals surface area contributed by atoms with Crippen LogP contribution in [0.25, 0.3) is 0 Å². The number of anilines is 2. The van der Waals surface area contributed by atoms with E-state index >= 15 is 0 Å². The Morgan fingerprint density at radius 2 is 1.84 bits per heavy atom. The minimum Gasteiger partial charge on any atom is -0.455 e. The van der Waals surface area contributed by atoms with Crippen molar-refractivity contribution in [2.75, 3.05) is 23.7 Å². The van der Waals surface area contributed by atoms with Crippen molar-refractivity contribution >= 4 is 29.5 Å². The summed E-state index contributed by atoms with van der Waals surface area (Å²) in [5.41, 5.74) is 6.97. The molecule has 0 saturated carbocycles. The normalized spacial score (nSPS) is 13.3. The molecule has 0 unspecified atom stereocenters. The van der Waals surface area contributed by atoms with Crippen molar-refractivity contribution in [2.24, 2.45) is 5.73 Å². The number of ether oxygens (including phenoxy) is 1. The van der Waals surface area contributed by atoms with E-state index in [1.165, 1.54) is 5.56 Å². The van der Waals surface area contributed by atoms with Gasteiger partial charge in [-0.25, -0.2) is 9.59 Å². The number of urea groups is 1. The Labute approximate surface area is 214 Å². The van der Waals surface area contributed by atoms with E-state index in [9.17, 15) is 14.4 Å². The molecule has 37 heavy (non-hydrogen) atoms. The highest BCUT2D eigenvalue weighted by Gasteiger charge is 2.22. The number of unbranched alkanes of at least 4 members (excludes halogenated alkanes) is 1. The van der Waals surface area contributed by atoms with Gasteiger partial charge in [0.1, 0.15) is 11.6 Å². The van der Waals surface area contributed by atoms with E-state index in [4.69, 9.17) is 14.9 Å². The van der Waals surface area contributed by atoms with Gasteiger partial charge in [-0.1, -0.05) is 25.5 Å². The van der Waals surface area contributed by atoms with Crippen LogP contribution in [0.3, 0.4) is 0 Å². The second-order valence-corrected chi connectivity index (χ2v) is 8.96. The Morgan fingerprint density at radius 1 is 1.08 bits per heavy atom. The van der Waals surface area contributed by atoms with E-state index in [0.717, 1.165) is 51.6 Å². The van der Waals surface area contributed by atoms with Crippen molar-refractivity contribution in [3.63, 3.8) is 0 Å². The van der Waals surface area contributed by atoms with Gasteiger partial charge < -0.3 is 30.1 Å². The molecule has 0 atom stereocenters. The minimum atomic E-state index is -1.07. The number of amides is 4. The molecule has 0 spiro atoms. The number of aryl methyl sites for hydroxylation is 1. The molecule has 11 nitrogen and oxygen atoms in total. The number of likely N-dealkylation sites (tertiary alicyclic amines) is 1. The number of aromatic nitrogens is 2. The van der Waals surface area contributed by atoms with Crippen molar-refractivity contribution in [2.45, 2.75) is 51.9 Å². The molecule has 3 aromatic rings. The number of hydrogen-bond acceptors (Lipinski definition) is 6. The number of nitrogens with two attached hydrogens (primary N) is 1. The summed E-state index contributed by atoms with van der Waals surface area (Å²) in [6, 6.07) is 10.4. The van der Waals surface area contributed by atoms with Crippen LogP contribution in [0.1, 0.15) is 66.7 Å². The van der Waals surface area contributed by atoms with Crippen LogP contribution in [-0.2, 0) is 12.8 Å². The van der Waals surface area contributed by atoms with Crippen molar-refractivity contribution in [3.8, 4) is 5.88 Å². The predicted octanol–water partition coefficient (Wildman–Crippen LogP) is 4.66. The third-order valence-corrected chi connectivity index (χ3v) is 6.04. The van der Waals surface area contributed by atoms with Crippen LogP contribution in [0.2, 0.25) is 0 Å². The van der Waals surface area contributed by atoms with E-state index in [0.29, 0.717) is 17.3 Å². The number of benzene rings is 1. The topological polar surface area (TPSA) is 156 Å². The van der Waals surface area contributed by atoms with E-state index in [1.807, 2.05) is 24.3 Å². The number of rotatable bonds is 9. The summed E-state index contributed by atoms with van der Waals surface area (Å²) in [6.07, 6.45) is 5.40. The summed E-state index contributed by atoms with van der Waals surface area (Å²) in [7, 11) is 0. The minimum absolute atomic E-state index is 0.0574. The molecule has 4 rings (SSSR count). The summed E-state index contributed by atoms with van der Waals surface area (Å²) in [6.45, 7) is 3.59. The molecule has 1 fully saturated rings. The maximum atomic E-state index is 12.7. The number of nitrogens with zero attached hydrogens (tertiary/aromatic N) is 2. The molecule has 1 aliphatic heterocycles. The first-order chi connectivity index (χ1) is 17.9. The van der Waals surface area contributed by atoms with Gasteiger partial charge in [0.2, 0.25) is 0 Å². The average Bonchev–Trinajstić information content (AvgIpc) is 3.50. The molecule has 1 saturated heterocycles. The first-order valence-corrected chi connectivity index (χ1v) is 12.5. The van der Waals surface area contributed by atoms with Gasteiger partial charge in [-0.15, -0.1) is 0 Å². The van der Waals surface area contributed by atoms with Gasteiger partial charge in [0, 0.05) is 18.8 Å². The van der Waals surface area contributed by atoms with E-state index in [-0.39, 0.29) is 29.8 Å². The van der Waals surface area contributed by atoms with Crippen LogP contribution in [0.5, 0.6) is 5.88 Å². The zero-order valence-electron chi connectivity index (χ0n) is 20.8. The molecule has 5 N–H and O–H groups in total. The molecule has 3 heterocycles. The number of furan rings is 1. The maximum Gasteiger partial charge on any atom is 0.411 e. The van der Waals surface area contributed by atoms with E-state index in [2.05, 4.69) is 27.5 Å². The number of carbonyl (C=O) groups is 3. The second-order valence-electron chi connectivity index (χ2n) is 8.96. The Hall–Kier alpha value is -4.28. The zero-order valence-corrected chi connectivity index (χ0v) is 20.8. The number of carbonyl (C=O) groups excluding carboxylic acids is 3. The van der Waals surface area contributed by atoms with Crippen LogP contribution < -0.4 is 21.1 Å². The number of aromatic amines is 1. The van der Waals surface area contributed by atoms with Crippen LogP contribution >= 0.6 is 0 Å². The number of nitrogens with one attached hydrogen (secondary N) is 3. The van der Waals surface area contributed by atoms with Gasteiger partial charge in [0.25, 0.3) is 11.8 Å². The van der Waals surface area contributed by atoms with Gasteiger partial charge in [0.05, 0.1) is 6.42 Å². The smallest absolute Gasteiger partial charge is 0.411 e. The molecule has 196 valence electrons. The Morgan fingerprint density at radius 3 is 2.54 bits per heavy atom. The van der Waals surface area contributed by atoms with Crippen LogP contribution in [0.4, 0.5) is 21.1 Å². The first kappa shape index (κ1) is 25.8. The van der Waals surface area contributed by atoms with Crippen molar-refractivity contribution < 1.29 is 23.5 Å². The summed E-state index contributed by atoms with van der Waals surface area (Å²) in [5.74, 6) is 0.832. The van der Waals surface area contributed by atoms with Crippen LogP contribution in [0, 0.1) is 0 Å². The number of H-pyrrole nitrogens is 1. The zero-order chi connectivity index (χ0) is 26.2. The second kappa shape index (κ2) is 12.1. The number of hydrogen-bond donors (Lipinski definition) is 4. The average molecular weight is 509 g/mol. The van der Waals surface area contributed by atoms with Gasteiger partial charge in [-0.05, 0) is 61.9 Å². The summed E-state index contributed by atoms with van der Waals surface area (Å²) >= 11 is 0. The molecule has 11 heteroatoms. The predicted molar refractivity (Wildman–Crippen MR) is 138 cm³/mol. The van der Waals surface area contributed by atoms with E-state index < -0.39 is 12.1 Å². The quantitative estimate of drug-likeness (QED) is 0.329. The SMILES string of the molecule is CCCCc1ccc(NC(=O)Nc2[nH]c(Cc3ccc(C(=O)N4CCCCC4)o3)nc2OC(N)=O)cc1. The summed E-state index contributed by atoms with van der Waals surface area (Å²) < 4.78 is 10.7. The Kier molecular flexibility index (Phi) is 8.44. The van der Waals surface area contributed by atoms with Crippen molar-refractivity contribution in [3.05, 3.63) is 59.3 Å². The standard InChI is InChI=1S/C26H32N6O5/c1-2-3-7-17-8-10-18(11-9-17)28-26(35)31-22-23(37-25(27)34)30-21(29-22)16-19-12-13-20(36-19)24(33)32-14-5-4-6-15-32/h8-13H,2-7,14-16H2,1H3,(H2,27,34)(H,29,30)(H2,28,31,35). The summed E-state index contributed by atoms with van der Waals surface area (Å²) in [5, 5.41) is 5.32. The number of imidazole rings is 1. The maximum absolute atomic E-state index is 12.7. The highest BCUT2D eigenvalue weighted by molar-refractivity contribution is 6.00. The molecular weight excluding hydrogens is 476 g/mol. The lowest BCUT2D eigenvalue weighted by atomic mass is 10.1. The Bertz CT molecular complexity index is 1230. The number of primary amides is 1. The molecule has 0 radical (unpaired) electrons. The number of piperidine rings is 1. The van der Waals surface area contributed by atoms with Gasteiger partial charge in [0.15, 0.2) is 11.6 Å². The largest absolute Gasteiger partial charge is 0.455 e. The fraction of sp³-hybridized carbons (Fsp3) is 0.385. The summed E-state index contributed by atoms with van der Waals surface area (Å²) in [4.78, 5) is 45.5. The molecule has 4 amide bonds. The lowest BCUT2D eigenvalue weighted by molar-refractivity contribution is 0.0690. The molecule has 1 aromatic carbocycles. The van der Waals surface area contributed by atoms with Gasteiger partial charge in [-0.3, -0.25) is 10.1 Å². The highest BCUT2D eigenvalue weighted by atomic mass is 16.6. The Balaban J connectivity index is 1.40. The lowest BCUT2D eigenvalue weighted by Gasteiger charge is -2.25. The van der Waals surface area contributed by atoms with Crippen LogP contribution in [-0.4, -0.2) is 46.0 Å². The lowest BCUT2D eigenvalue weighted by Crippen LogP contribution is -2.35.